The van der Waals surface area contributed by atoms with E-state index in [-0.39, 0.29) is 5.56 Å². The first-order valence-electron chi connectivity index (χ1n) is 5.97. The molecule has 0 heterocycles. The molecule has 2 atom stereocenters. The van der Waals surface area contributed by atoms with Gasteiger partial charge in [0.25, 0.3) is 0 Å². The Labute approximate surface area is 120 Å². The summed E-state index contributed by atoms with van der Waals surface area (Å²) >= 11 is 0. The van der Waals surface area contributed by atoms with Crippen LogP contribution in [0.4, 0.5) is 0 Å². The molecule has 1 saturated carbocycles. The van der Waals surface area contributed by atoms with Gasteiger partial charge in [-0.1, -0.05) is 30.3 Å². The van der Waals surface area contributed by atoms with Gasteiger partial charge in [-0.25, -0.2) is 0 Å². The lowest BCUT2D eigenvalue weighted by atomic mass is 9.97. The molecular formula is C15H9N3O3. The molecule has 0 bridgehead atoms. The minimum absolute atomic E-state index is 0.235. The van der Waals surface area contributed by atoms with Crippen molar-refractivity contribution < 1.29 is 14.3 Å². The number of nitriles is 3. The van der Waals surface area contributed by atoms with Gasteiger partial charge in [-0.15, -0.1) is 0 Å². The molecule has 0 radical (unpaired) electrons. The summed E-state index contributed by atoms with van der Waals surface area (Å²) in [5.41, 5.74) is -3.85. The highest BCUT2D eigenvalue weighted by molar-refractivity contribution is 6.09. The molecule has 0 amide bonds. The third-order valence-corrected chi connectivity index (χ3v) is 3.76. The Morgan fingerprint density at radius 3 is 2.10 bits per heavy atom. The fourth-order valence-electron chi connectivity index (χ4n) is 2.61. The van der Waals surface area contributed by atoms with Crippen molar-refractivity contribution in [1.82, 2.24) is 0 Å². The van der Waals surface area contributed by atoms with Crippen molar-refractivity contribution in [1.29, 1.82) is 15.8 Å². The molecule has 6 heteroatoms. The van der Waals surface area contributed by atoms with Crippen LogP contribution in [0.3, 0.4) is 0 Å². The predicted octanol–water partition coefficient (Wildman–Crippen LogP) is 1.22. The summed E-state index contributed by atoms with van der Waals surface area (Å²) in [6, 6.07) is 12.9. The van der Waals surface area contributed by atoms with Crippen molar-refractivity contribution in [3.05, 3.63) is 35.9 Å². The van der Waals surface area contributed by atoms with Gasteiger partial charge in [-0.2, -0.15) is 15.8 Å². The van der Waals surface area contributed by atoms with Gasteiger partial charge in [-0.3, -0.25) is 9.59 Å². The van der Waals surface area contributed by atoms with Gasteiger partial charge in [0.05, 0.1) is 31.2 Å². The zero-order valence-corrected chi connectivity index (χ0v) is 11.0. The first-order valence-corrected chi connectivity index (χ1v) is 5.97. The average Bonchev–Trinajstić information content (AvgIpc) is 3.17. The van der Waals surface area contributed by atoms with Crippen molar-refractivity contribution in [3.63, 3.8) is 0 Å². The van der Waals surface area contributed by atoms with Crippen molar-refractivity contribution in [2.45, 2.75) is 0 Å². The molecule has 0 saturated heterocycles. The molecule has 21 heavy (non-hydrogen) atoms. The second kappa shape index (κ2) is 4.74. The molecule has 0 spiro atoms. The molecule has 1 aromatic carbocycles. The highest BCUT2D eigenvalue weighted by atomic mass is 16.5. The number of ether oxygens (including phenoxy) is 1. The molecular weight excluding hydrogens is 270 g/mol. The fraction of sp³-hybridized carbons (Fsp3) is 0.267. The van der Waals surface area contributed by atoms with E-state index in [0.717, 1.165) is 7.11 Å². The topological polar surface area (TPSA) is 115 Å². The normalized spacial score (nSPS) is 24.8. The number of carbonyl (C=O) groups excluding carboxylic acids is 2. The number of Topliss-reactive ketones (excluding diaryl/α,β-unsaturated/α-hetero) is 1. The van der Waals surface area contributed by atoms with Gasteiger partial charge < -0.3 is 4.74 Å². The Kier molecular flexibility index (Phi) is 3.21. The van der Waals surface area contributed by atoms with Crippen LogP contribution in [0.2, 0.25) is 0 Å². The number of carbonyl (C=O) groups is 2. The Morgan fingerprint density at radius 1 is 1.10 bits per heavy atom. The molecule has 102 valence electrons. The largest absolute Gasteiger partial charge is 0.468 e. The molecule has 1 aliphatic rings. The summed E-state index contributed by atoms with van der Waals surface area (Å²) in [5.74, 6) is -2.98. The smallest absolute Gasteiger partial charge is 0.329 e. The maximum absolute atomic E-state index is 12.5. The maximum atomic E-state index is 12.5. The van der Waals surface area contributed by atoms with Gasteiger partial charge in [0, 0.05) is 5.56 Å². The summed E-state index contributed by atoms with van der Waals surface area (Å²) in [7, 11) is 1.04. The highest BCUT2D eigenvalue weighted by Gasteiger charge is 2.87. The minimum atomic E-state index is -2.07. The lowest BCUT2D eigenvalue weighted by molar-refractivity contribution is -0.145. The van der Waals surface area contributed by atoms with E-state index >= 15 is 0 Å². The SMILES string of the molecule is COC(=O)C1(C#N)C(C(=O)c2ccccc2)C1(C#N)C#N. The molecule has 2 rings (SSSR count). The van der Waals surface area contributed by atoms with E-state index in [9.17, 15) is 25.4 Å². The second-order valence-electron chi connectivity index (χ2n) is 4.61. The van der Waals surface area contributed by atoms with Gasteiger partial charge >= 0.3 is 5.97 Å². The first kappa shape index (κ1) is 14.2. The quantitative estimate of drug-likeness (QED) is 0.606. The minimum Gasteiger partial charge on any atom is -0.468 e. The number of esters is 1. The summed E-state index contributed by atoms with van der Waals surface area (Å²) in [5, 5.41) is 27.8. The number of benzene rings is 1. The van der Waals surface area contributed by atoms with Crippen LogP contribution < -0.4 is 0 Å². The molecule has 0 N–H and O–H groups in total. The molecule has 2 unspecified atom stereocenters. The monoisotopic (exact) mass is 279 g/mol. The molecule has 0 aromatic heterocycles. The van der Waals surface area contributed by atoms with Crippen LogP contribution in [0.15, 0.2) is 30.3 Å². The summed E-state index contributed by atoms with van der Waals surface area (Å²) in [4.78, 5) is 24.4. The summed E-state index contributed by atoms with van der Waals surface area (Å²) in [6.45, 7) is 0. The van der Waals surface area contributed by atoms with Gasteiger partial charge in [0.2, 0.25) is 0 Å². The van der Waals surface area contributed by atoms with Crippen LogP contribution in [0.5, 0.6) is 0 Å². The van der Waals surface area contributed by atoms with Crippen LogP contribution in [-0.2, 0) is 9.53 Å². The average molecular weight is 279 g/mol. The Morgan fingerprint density at radius 2 is 1.67 bits per heavy atom. The zero-order chi connectivity index (χ0) is 15.7. The third kappa shape index (κ3) is 1.55. The summed E-state index contributed by atoms with van der Waals surface area (Å²) in [6.07, 6.45) is 0. The zero-order valence-electron chi connectivity index (χ0n) is 11.0. The predicted molar refractivity (Wildman–Crippen MR) is 68.0 cm³/mol. The van der Waals surface area contributed by atoms with Crippen molar-refractivity contribution in [2.24, 2.45) is 16.7 Å². The molecule has 6 nitrogen and oxygen atoms in total. The van der Waals surface area contributed by atoms with Crippen LogP contribution in [0.25, 0.3) is 0 Å². The first-order chi connectivity index (χ1) is 10.1. The second-order valence-corrected chi connectivity index (χ2v) is 4.61. The van der Waals surface area contributed by atoms with Crippen molar-refractivity contribution in [2.75, 3.05) is 7.11 Å². The third-order valence-electron chi connectivity index (χ3n) is 3.76. The summed E-state index contributed by atoms with van der Waals surface area (Å²) < 4.78 is 4.53. The molecule has 1 fully saturated rings. The van der Waals surface area contributed by atoms with Gasteiger partial charge in [-0.05, 0) is 0 Å². The number of ketones is 1. The highest BCUT2D eigenvalue weighted by Crippen LogP contribution is 2.69. The van der Waals surface area contributed by atoms with Gasteiger partial charge in [0.15, 0.2) is 16.6 Å². The van der Waals surface area contributed by atoms with Gasteiger partial charge in [0.1, 0.15) is 0 Å². The van der Waals surface area contributed by atoms with E-state index < -0.39 is 28.5 Å². The van der Waals surface area contributed by atoms with E-state index in [1.165, 1.54) is 12.1 Å². The lowest BCUT2D eigenvalue weighted by Gasteiger charge is -2.05. The Hall–Kier alpha value is -3.17. The van der Waals surface area contributed by atoms with Crippen LogP contribution in [-0.4, -0.2) is 18.9 Å². The fourth-order valence-corrected chi connectivity index (χ4v) is 2.61. The molecule has 1 aliphatic carbocycles. The van der Waals surface area contributed by atoms with Crippen LogP contribution in [0, 0.1) is 50.7 Å². The number of nitrogens with zero attached hydrogens (tertiary/aromatic N) is 3. The van der Waals surface area contributed by atoms with E-state index in [2.05, 4.69) is 4.74 Å². The van der Waals surface area contributed by atoms with Crippen molar-refractivity contribution >= 4 is 11.8 Å². The van der Waals surface area contributed by atoms with Crippen LogP contribution in [0.1, 0.15) is 10.4 Å². The number of rotatable bonds is 3. The van der Waals surface area contributed by atoms with E-state index in [1.54, 1.807) is 36.4 Å². The Balaban J connectivity index is 2.57. The van der Waals surface area contributed by atoms with E-state index in [1.807, 2.05) is 0 Å². The number of hydrogen-bond acceptors (Lipinski definition) is 6. The molecule has 0 aliphatic heterocycles. The number of hydrogen-bond donors (Lipinski definition) is 0. The van der Waals surface area contributed by atoms with E-state index in [0.29, 0.717) is 0 Å². The standard InChI is InChI=1S/C15H9N3O3/c1-21-13(20)15(9-18)12(14(15,7-16)8-17)11(19)10-5-3-2-4-6-10/h2-6,12H,1H3. The molecule has 1 aromatic rings. The van der Waals surface area contributed by atoms with Crippen LogP contribution >= 0.6 is 0 Å². The lowest BCUT2D eigenvalue weighted by Crippen LogP contribution is -2.23. The maximum Gasteiger partial charge on any atom is 0.329 e. The Bertz CT molecular complexity index is 722. The van der Waals surface area contributed by atoms with Crippen molar-refractivity contribution in [3.8, 4) is 18.2 Å². The number of methoxy groups -OCH3 is 1. The van der Waals surface area contributed by atoms with E-state index in [4.69, 9.17) is 0 Å².